The number of benzene rings is 1. The molecule has 0 aliphatic heterocycles. The summed E-state index contributed by atoms with van der Waals surface area (Å²) in [6.45, 7) is 2.87. The zero-order valence-electron chi connectivity index (χ0n) is 11.0. The van der Waals surface area contributed by atoms with Crippen LogP contribution in [-0.2, 0) is 9.84 Å². The maximum Gasteiger partial charge on any atom is 0.267 e. The molecule has 0 bridgehead atoms. The normalized spacial score (nSPS) is 11.3. The average molecular weight is 291 g/mol. The summed E-state index contributed by atoms with van der Waals surface area (Å²) in [6.07, 6.45) is 0. The number of H-pyrrole nitrogens is 1. The highest BCUT2D eigenvalue weighted by Crippen LogP contribution is 2.19. The number of hydrogen-bond donors (Lipinski definition) is 1. The van der Waals surface area contributed by atoms with E-state index in [0.29, 0.717) is 5.69 Å². The highest BCUT2D eigenvalue weighted by Gasteiger charge is 2.23. The van der Waals surface area contributed by atoms with E-state index in [2.05, 4.69) is 4.98 Å². The van der Waals surface area contributed by atoms with Gasteiger partial charge in [0.25, 0.3) is 5.56 Å². The Morgan fingerprint density at radius 2 is 1.75 bits per heavy atom. The number of pyridine rings is 1. The maximum atomic E-state index is 12.4. The molecular formula is C14H13NO4S. The summed E-state index contributed by atoms with van der Waals surface area (Å²) >= 11 is 0. The van der Waals surface area contributed by atoms with Crippen molar-refractivity contribution in [3.05, 3.63) is 58.0 Å². The predicted octanol–water partition coefficient (Wildman–Crippen LogP) is 1.72. The molecule has 0 aliphatic rings. The van der Waals surface area contributed by atoms with Gasteiger partial charge in [-0.25, -0.2) is 8.42 Å². The zero-order valence-corrected chi connectivity index (χ0v) is 11.8. The molecular weight excluding hydrogens is 278 g/mol. The van der Waals surface area contributed by atoms with Crippen molar-refractivity contribution in [3.8, 4) is 0 Å². The van der Waals surface area contributed by atoms with E-state index in [1.54, 1.807) is 25.1 Å². The van der Waals surface area contributed by atoms with Gasteiger partial charge in [-0.1, -0.05) is 18.2 Å². The highest BCUT2D eigenvalue weighted by atomic mass is 32.2. The van der Waals surface area contributed by atoms with Gasteiger partial charge in [0.05, 0.1) is 4.90 Å². The van der Waals surface area contributed by atoms with Crippen LogP contribution >= 0.6 is 0 Å². The Labute approximate surface area is 116 Å². The van der Waals surface area contributed by atoms with Gasteiger partial charge in [-0.2, -0.15) is 0 Å². The van der Waals surface area contributed by atoms with Crippen molar-refractivity contribution < 1.29 is 13.2 Å². The number of rotatable bonds is 3. The van der Waals surface area contributed by atoms with E-state index in [0.717, 1.165) is 6.07 Å². The number of aryl methyl sites for hydroxylation is 1. The summed E-state index contributed by atoms with van der Waals surface area (Å²) in [7, 11) is -3.94. The summed E-state index contributed by atoms with van der Waals surface area (Å²) in [5, 5.41) is 0. The molecule has 6 heteroatoms. The lowest BCUT2D eigenvalue weighted by atomic mass is 10.1. The minimum absolute atomic E-state index is 0.0175. The zero-order chi connectivity index (χ0) is 14.9. The van der Waals surface area contributed by atoms with Gasteiger partial charge >= 0.3 is 0 Å². The Morgan fingerprint density at radius 3 is 2.30 bits per heavy atom. The summed E-state index contributed by atoms with van der Waals surface area (Å²) in [5.74, 6) is -0.303. The van der Waals surface area contributed by atoms with Gasteiger partial charge in [0.1, 0.15) is 4.90 Å². The molecule has 1 heterocycles. The number of ketones is 1. The molecule has 2 rings (SSSR count). The highest BCUT2D eigenvalue weighted by molar-refractivity contribution is 7.91. The predicted molar refractivity (Wildman–Crippen MR) is 73.7 cm³/mol. The number of aromatic amines is 1. The number of aromatic nitrogens is 1. The van der Waals surface area contributed by atoms with Gasteiger partial charge in [-0.3, -0.25) is 9.59 Å². The molecule has 0 saturated carbocycles. The molecule has 1 aromatic carbocycles. The summed E-state index contributed by atoms with van der Waals surface area (Å²) in [4.78, 5) is 25.4. The first-order valence-corrected chi connectivity index (χ1v) is 7.37. The number of carbonyl (C=O) groups is 1. The van der Waals surface area contributed by atoms with Crippen LogP contribution < -0.4 is 5.56 Å². The quantitative estimate of drug-likeness (QED) is 0.873. The first-order valence-electron chi connectivity index (χ1n) is 5.89. The fourth-order valence-electron chi connectivity index (χ4n) is 1.90. The number of hydrogen-bond acceptors (Lipinski definition) is 4. The summed E-state index contributed by atoms with van der Waals surface area (Å²) in [5.41, 5.74) is -0.176. The van der Waals surface area contributed by atoms with E-state index in [1.165, 1.54) is 19.1 Å². The van der Waals surface area contributed by atoms with Crippen LogP contribution in [0.15, 0.2) is 51.0 Å². The Kier molecular flexibility index (Phi) is 3.59. The van der Waals surface area contributed by atoms with Crippen molar-refractivity contribution in [2.75, 3.05) is 0 Å². The Hall–Kier alpha value is -2.21. The molecule has 1 aromatic heterocycles. The second kappa shape index (κ2) is 5.05. The molecule has 0 saturated heterocycles. The van der Waals surface area contributed by atoms with Crippen molar-refractivity contribution in [1.29, 1.82) is 0 Å². The fourth-order valence-corrected chi connectivity index (χ4v) is 3.23. The minimum atomic E-state index is -3.94. The third-order valence-corrected chi connectivity index (χ3v) is 4.70. The van der Waals surface area contributed by atoms with Crippen molar-refractivity contribution >= 4 is 15.6 Å². The molecule has 0 unspecified atom stereocenters. The van der Waals surface area contributed by atoms with Gasteiger partial charge in [0.15, 0.2) is 5.78 Å². The summed E-state index contributed by atoms with van der Waals surface area (Å²) in [6, 6.07) is 8.77. The molecule has 0 amide bonds. The largest absolute Gasteiger partial charge is 0.325 e. The van der Waals surface area contributed by atoms with Crippen LogP contribution in [0.1, 0.15) is 23.0 Å². The second-order valence-electron chi connectivity index (χ2n) is 4.37. The lowest BCUT2D eigenvalue weighted by Gasteiger charge is -2.07. The topological polar surface area (TPSA) is 84.1 Å². The van der Waals surface area contributed by atoms with E-state index in [4.69, 9.17) is 0 Å². The van der Waals surface area contributed by atoms with E-state index >= 15 is 0 Å². The minimum Gasteiger partial charge on any atom is -0.325 e. The van der Waals surface area contributed by atoms with Crippen LogP contribution in [0.25, 0.3) is 0 Å². The monoisotopic (exact) mass is 291 g/mol. The second-order valence-corrected chi connectivity index (χ2v) is 6.29. The van der Waals surface area contributed by atoms with Crippen molar-refractivity contribution in [2.24, 2.45) is 0 Å². The third-order valence-electron chi connectivity index (χ3n) is 2.93. The van der Waals surface area contributed by atoms with Crippen molar-refractivity contribution in [3.63, 3.8) is 0 Å². The SMILES string of the molecule is CC(=O)c1cc(S(=O)(=O)c2ccccc2)c(=O)[nH]c1C. The first-order chi connectivity index (χ1) is 9.34. The van der Waals surface area contributed by atoms with Crippen LogP contribution in [0, 0.1) is 6.92 Å². The number of carbonyl (C=O) groups excluding carboxylic acids is 1. The third kappa shape index (κ3) is 2.42. The lowest BCUT2D eigenvalue weighted by Crippen LogP contribution is -2.20. The lowest BCUT2D eigenvalue weighted by molar-refractivity contribution is 0.101. The number of sulfone groups is 1. The van der Waals surface area contributed by atoms with Gasteiger partial charge in [-0.05, 0) is 32.0 Å². The van der Waals surface area contributed by atoms with E-state index in [9.17, 15) is 18.0 Å². The molecule has 0 spiro atoms. The van der Waals surface area contributed by atoms with Crippen LogP contribution in [0.3, 0.4) is 0 Å². The fraction of sp³-hybridized carbons (Fsp3) is 0.143. The molecule has 20 heavy (non-hydrogen) atoms. The maximum absolute atomic E-state index is 12.4. The smallest absolute Gasteiger partial charge is 0.267 e. The van der Waals surface area contributed by atoms with Gasteiger partial charge < -0.3 is 4.98 Å². The molecule has 0 atom stereocenters. The molecule has 2 aromatic rings. The van der Waals surface area contributed by atoms with Gasteiger partial charge in [0, 0.05) is 11.3 Å². The Bertz CT molecular complexity index is 820. The first kappa shape index (κ1) is 14.2. The molecule has 0 aliphatic carbocycles. The van der Waals surface area contributed by atoms with Crippen LogP contribution in [0.2, 0.25) is 0 Å². The Morgan fingerprint density at radius 1 is 1.15 bits per heavy atom. The number of nitrogens with one attached hydrogen (secondary N) is 1. The Balaban J connectivity index is 2.73. The summed E-state index contributed by atoms with van der Waals surface area (Å²) < 4.78 is 24.8. The van der Waals surface area contributed by atoms with Crippen molar-refractivity contribution in [1.82, 2.24) is 4.98 Å². The van der Waals surface area contributed by atoms with Gasteiger partial charge in [-0.15, -0.1) is 0 Å². The molecule has 0 fully saturated rings. The van der Waals surface area contributed by atoms with Crippen LogP contribution in [0.4, 0.5) is 0 Å². The van der Waals surface area contributed by atoms with Crippen molar-refractivity contribution in [2.45, 2.75) is 23.6 Å². The number of Topliss-reactive ketones (excluding diaryl/α,β-unsaturated/α-hetero) is 1. The van der Waals surface area contributed by atoms with E-state index in [-0.39, 0.29) is 16.2 Å². The molecule has 1 N–H and O–H groups in total. The molecule has 5 nitrogen and oxygen atoms in total. The molecule has 104 valence electrons. The standard InChI is InChI=1S/C14H13NO4S/c1-9-12(10(2)16)8-13(14(17)15-9)20(18,19)11-6-4-3-5-7-11/h3-8H,1-2H3,(H,15,17). The van der Waals surface area contributed by atoms with Crippen LogP contribution in [0.5, 0.6) is 0 Å². The van der Waals surface area contributed by atoms with E-state index < -0.39 is 20.3 Å². The van der Waals surface area contributed by atoms with Crippen LogP contribution in [-0.4, -0.2) is 19.2 Å². The van der Waals surface area contributed by atoms with Gasteiger partial charge in [0.2, 0.25) is 9.84 Å². The molecule has 0 radical (unpaired) electrons. The van der Waals surface area contributed by atoms with E-state index in [1.807, 2.05) is 0 Å². The average Bonchev–Trinajstić information content (AvgIpc) is 2.39.